The lowest BCUT2D eigenvalue weighted by molar-refractivity contribution is 0.601. The highest BCUT2D eigenvalue weighted by Gasteiger charge is 2.18. The van der Waals surface area contributed by atoms with Gasteiger partial charge in [-0.05, 0) is 24.6 Å². The van der Waals surface area contributed by atoms with Gasteiger partial charge in [-0.15, -0.1) is 0 Å². The van der Waals surface area contributed by atoms with Crippen LogP contribution in [0.25, 0.3) is 22.0 Å². The van der Waals surface area contributed by atoms with E-state index in [0.29, 0.717) is 0 Å². The van der Waals surface area contributed by atoms with Crippen LogP contribution in [0.3, 0.4) is 0 Å². The van der Waals surface area contributed by atoms with Crippen molar-refractivity contribution in [3.8, 4) is 11.1 Å². The van der Waals surface area contributed by atoms with Crippen molar-refractivity contribution < 1.29 is 8.42 Å². The lowest BCUT2D eigenvalue weighted by atomic mass is 10.0. The predicted octanol–water partition coefficient (Wildman–Crippen LogP) is 3.81. The summed E-state index contributed by atoms with van der Waals surface area (Å²) in [7, 11) is -1.80. The van der Waals surface area contributed by atoms with Crippen LogP contribution in [-0.4, -0.2) is 22.3 Å². The highest BCUT2D eigenvalue weighted by Crippen LogP contribution is 2.32. The van der Waals surface area contributed by atoms with Crippen LogP contribution < -0.4 is 4.72 Å². The Morgan fingerprint density at radius 2 is 2.00 bits per heavy atom. The third-order valence-electron chi connectivity index (χ3n) is 4.18. The van der Waals surface area contributed by atoms with Gasteiger partial charge in [0.25, 0.3) is 10.0 Å². The van der Waals surface area contributed by atoms with Crippen LogP contribution in [0.4, 0.5) is 5.13 Å². The zero-order valence-electron chi connectivity index (χ0n) is 14.2. The van der Waals surface area contributed by atoms with Crippen molar-refractivity contribution in [2.45, 2.75) is 11.8 Å². The summed E-state index contributed by atoms with van der Waals surface area (Å²) in [6.45, 7) is 2.05. The van der Waals surface area contributed by atoms with Crippen molar-refractivity contribution in [3.05, 3.63) is 60.6 Å². The number of fused-ring (bicyclic) bond motifs is 1. The first-order chi connectivity index (χ1) is 12.4. The quantitative estimate of drug-likeness (QED) is 0.580. The standard InChI is InChI=1S/C18H16N4O2S2/c1-12-4-3-5-13(8-12)16-10-22(2)17-9-14(6-7-15(16)17)26(23,24)21-18-19-11-20-25-18/h3-11H,1-2H3,(H,19,20,21). The molecule has 0 aliphatic rings. The molecule has 8 heteroatoms. The number of aromatic nitrogens is 3. The number of rotatable bonds is 4. The summed E-state index contributed by atoms with van der Waals surface area (Å²) >= 11 is 0.997. The van der Waals surface area contributed by atoms with E-state index in [-0.39, 0.29) is 10.0 Å². The lowest BCUT2D eigenvalue weighted by Gasteiger charge is -2.06. The van der Waals surface area contributed by atoms with Gasteiger partial charge in [-0.1, -0.05) is 35.9 Å². The van der Waals surface area contributed by atoms with Crippen LogP contribution in [0.5, 0.6) is 0 Å². The van der Waals surface area contributed by atoms with Gasteiger partial charge < -0.3 is 4.57 Å². The molecule has 2 aromatic heterocycles. The van der Waals surface area contributed by atoms with Crippen LogP contribution in [0, 0.1) is 6.92 Å². The fourth-order valence-corrected chi connectivity index (χ4v) is 4.65. The molecule has 0 saturated heterocycles. The van der Waals surface area contributed by atoms with E-state index in [0.717, 1.165) is 33.6 Å². The zero-order valence-corrected chi connectivity index (χ0v) is 15.8. The van der Waals surface area contributed by atoms with E-state index in [1.165, 1.54) is 11.9 Å². The molecule has 4 rings (SSSR count). The summed E-state index contributed by atoms with van der Waals surface area (Å²) in [5.74, 6) is 0. The van der Waals surface area contributed by atoms with Gasteiger partial charge in [-0.2, -0.15) is 4.37 Å². The normalized spacial score (nSPS) is 11.8. The SMILES string of the molecule is Cc1cccc(-c2cn(C)c3cc(S(=O)(=O)Nc4ncns4)ccc23)c1. The minimum Gasteiger partial charge on any atom is -0.350 e. The predicted molar refractivity (Wildman–Crippen MR) is 104 cm³/mol. The fraction of sp³-hybridized carbons (Fsp3) is 0.111. The van der Waals surface area contributed by atoms with Crippen LogP contribution in [0.1, 0.15) is 5.56 Å². The Labute approximate surface area is 155 Å². The number of hydrogen-bond donors (Lipinski definition) is 1. The first-order valence-electron chi connectivity index (χ1n) is 7.90. The van der Waals surface area contributed by atoms with Crippen molar-refractivity contribution in [1.29, 1.82) is 0 Å². The molecule has 0 amide bonds. The number of anilines is 1. The maximum Gasteiger partial charge on any atom is 0.263 e. The number of aryl methyl sites for hydroxylation is 2. The molecule has 0 radical (unpaired) electrons. The molecular weight excluding hydrogens is 368 g/mol. The van der Waals surface area contributed by atoms with Gasteiger partial charge in [0.1, 0.15) is 6.33 Å². The zero-order chi connectivity index (χ0) is 18.3. The van der Waals surface area contributed by atoms with E-state index in [9.17, 15) is 8.42 Å². The topological polar surface area (TPSA) is 76.9 Å². The number of nitrogens with one attached hydrogen (secondary N) is 1. The van der Waals surface area contributed by atoms with E-state index < -0.39 is 10.0 Å². The first kappa shape index (κ1) is 16.7. The second kappa shape index (κ2) is 6.22. The molecule has 0 atom stereocenters. The minimum absolute atomic E-state index is 0.192. The number of sulfonamides is 1. The highest BCUT2D eigenvalue weighted by molar-refractivity contribution is 7.93. The van der Waals surface area contributed by atoms with Crippen LogP contribution >= 0.6 is 11.5 Å². The monoisotopic (exact) mass is 384 g/mol. The molecule has 0 fully saturated rings. The second-order valence-electron chi connectivity index (χ2n) is 6.05. The molecule has 2 aromatic carbocycles. The maximum absolute atomic E-state index is 12.6. The number of hydrogen-bond acceptors (Lipinski definition) is 5. The van der Waals surface area contributed by atoms with E-state index in [1.807, 2.05) is 29.9 Å². The Balaban J connectivity index is 1.80. The van der Waals surface area contributed by atoms with Crippen LogP contribution in [0.15, 0.2) is 59.9 Å². The Kier molecular flexibility index (Phi) is 4.01. The van der Waals surface area contributed by atoms with E-state index in [2.05, 4.69) is 39.2 Å². The highest BCUT2D eigenvalue weighted by atomic mass is 32.2. The van der Waals surface area contributed by atoms with Crippen molar-refractivity contribution >= 4 is 37.6 Å². The lowest BCUT2D eigenvalue weighted by Crippen LogP contribution is -2.12. The smallest absolute Gasteiger partial charge is 0.263 e. The summed E-state index contributed by atoms with van der Waals surface area (Å²) in [6, 6.07) is 13.4. The maximum atomic E-state index is 12.6. The molecule has 0 saturated carbocycles. The molecule has 0 unspecified atom stereocenters. The number of benzene rings is 2. The van der Waals surface area contributed by atoms with Crippen molar-refractivity contribution in [1.82, 2.24) is 13.9 Å². The summed E-state index contributed by atoms with van der Waals surface area (Å²) in [4.78, 5) is 4.06. The van der Waals surface area contributed by atoms with Crippen molar-refractivity contribution in [2.24, 2.45) is 7.05 Å². The van der Waals surface area contributed by atoms with Gasteiger partial charge in [0.2, 0.25) is 5.13 Å². The van der Waals surface area contributed by atoms with Gasteiger partial charge in [0.05, 0.1) is 4.90 Å². The Bertz CT molecular complexity index is 1200. The third-order valence-corrected chi connectivity index (χ3v) is 6.23. The van der Waals surface area contributed by atoms with Crippen LogP contribution in [0.2, 0.25) is 0 Å². The molecule has 0 spiro atoms. The summed E-state index contributed by atoms with van der Waals surface area (Å²) in [5, 5.41) is 1.25. The summed E-state index contributed by atoms with van der Waals surface area (Å²) < 4.78 is 33.4. The molecule has 2 heterocycles. The van der Waals surface area contributed by atoms with Crippen molar-refractivity contribution in [3.63, 3.8) is 0 Å². The molecule has 4 aromatic rings. The Hall–Kier alpha value is -2.71. The average Bonchev–Trinajstić information content (AvgIpc) is 3.22. The molecule has 0 aliphatic carbocycles. The Morgan fingerprint density at radius 1 is 1.15 bits per heavy atom. The molecule has 1 N–H and O–H groups in total. The largest absolute Gasteiger partial charge is 0.350 e. The molecular formula is C18H16N4O2S2. The van der Waals surface area contributed by atoms with Gasteiger partial charge in [-0.3, -0.25) is 4.72 Å². The fourth-order valence-electron chi connectivity index (χ4n) is 2.97. The van der Waals surface area contributed by atoms with Gasteiger partial charge >= 0.3 is 0 Å². The van der Waals surface area contributed by atoms with Gasteiger partial charge in [-0.25, -0.2) is 13.4 Å². The number of nitrogens with zero attached hydrogens (tertiary/aromatic N) is 3. The van der Waals surface area contributed by atoms with E-state index >= 15 is 0 Å². The first-order valence-corrected chi connectivity index (χ1v) is 10.2. The van der Waals surface area contributed by atoms with Gasteiger partial charge in [0.15, 0.2) is 0 Å². The molecule has 0 bridgehead atoms. The molecule has 26 heavy (non-hydrogen) atoms. The van der Waals surface area contributed by atoms with E-state index in [1.54, 1.807) is 12.1 Å². The van der Waals surface area contributed by atoms with Crippen LogP contribution in [-0.2, 0) is 17.1 Å². The molecule has 0 aliphatic heterocycles. The van der Waals surface area contributed by atoms with Gasteiger partial charge in [0, 0.05) is 41.2 Å². The average molecular weight is 384 g/mol. The molecule has 132 valence electrons. The van der Waals surface area contributed by atoms with E-state index in [4.69, 9.17) is 0 Å². The molecule has 6 nitrogen and oxygen atoms in total. The third kappa shape index (κ3) is 2.97. The second-order valence-corrected chi connectivity index (χ2v) is 8.52. The summed E-state index contributed by atoms with van der Waals surface area (Å²) in [6.07, 6.45) is 3.34. The summed E-state index contributed by atoms with van der Waals surface area (Å²) in [5.41, 5.74) is 4.21. The Morgan fingerprint density at radius 3 is 2.73 bits per heavy atom. The minimum atomic E-state index is -3.71. The van der Waals surface area contributed by atoms with Crippen molar-refractivity contribution in [2.75, 3.05) is 4.72 Å².